The van der Waals surface area contributed by atoms with Gasteiger partial charge in [-0.2, -0.15) is 0 Å². The van der Waals surface area contributed by atoms with Crippen LogP contribution in [0.1, 0.15) is 193 Å². The average Bonchev–Trinajstić information content (AvgIpc) is 0.932. The fourth-order valence-electron chi connectivity index (χ4n) is 16.3. The van der Waals surface area contributed by atoms with Crippen LogP contribution in [0.3, 0.4) is 0 Å². The molecule has 0 aliphatic rings. The van der Waals surface area contributed by atoms with Crippen LogP contribution in [0.4, 0.5) is 0 Å². The number of nitrogens with two attached hydrogens (primary N) is 2. The van der Waals surface area contributed by atoms with Crippen LogP contribution < -0.4 is 102 Å². The van der Waals surface area contributed by atoms with E-state index in [1.807, 2.05) is 80.5 Å². The van der Waals surface area contributed by atoms with Gasteiger partial charge in [-0.05, 0) is 114 Å². The van der Waals surface area contributed by atoms with Gasteiger partial charge in [0, 0.05) is 115 Å². The highest BCUT2D eigenvalue weighted by Crippen LogP contribution is 2.20. The standard InChI is InChI=1S/C107H161N25O16/c1-12-13-14-30-46-115-96(136)91(67-94(134)113-51-49-111-47-44-108)127-107(147)92(68-95(135)114-52-50-112-48-45-109)128-101(141)85(61-74(10)11)121-99(139)83(59-72(6)7)119-97(137)81(57-70(2)3)118-98(138)82(58-71(4)5)120-100(140)84(60-73(8)9)122-103(143)87(63-76-34-22-16-23-35-76)124-105(145)89(65-78-38-26-18-27-39-78)126-106(146)90(66-79-40-28-19-29-41-79)125-104(144)88(64-77-36-24-17-25-37-77)123-102(142)86(62-75-32-20-15-21-33-75)117-93(133)43-31-42-80-69-132(131-129-80)54-56-148-55-53-116-130-110/h15-29,32-41,69-74,81-92,111-112H,12-14,30-31,42-68,108-109H2,1-11H3,(H,113,134)(H,114,135)(H,115,136)(H,117,133)(H,118,138)(H,119,137)(H,120,140)(H,121,139)(H,122,143)(H,123,142)(H,124,145)(H,125,144)(H,126,146)(H,127,147)(H,128,141)/t81-,82-,83-,84+,85-,86-,87+,88+,89+,90+,91+,92-/m1/s1. The molecule has 0 saturated carbocycles. The molecule has 0 fully saturated rings. The number of ether oxygens (including phenoxy) is 1. The van der Waals surface area contributed by atoms with E-state index in [9.17, 15) is 38.4 Å². The lowest BCUT2D eigenvalue weighted by molar-refractivity contribution is -0.137. The summed E-state index contributed by atoms with van der Waals surface area (Å²) in [6.45, 7) is 24.2. The Balaban J connectivity index is 1.25. The minimum absolute atomic E-state index is 0.00414. The Hall–Kier alpha value is -13.6. The second kappa shape index (κ2) is 69.5. The van der Waals surface area contributed by atoms with Gasteiger partial charge in [-0.3, -0.25) is 71.9 Å². The lowest BCUT2D eigenvalue weighted by Gasteiger charge is -2.30. The van der Waals surface area contributed by atoms with Gasteiger partial charge in [-0.15, -0.1) is 5.10 Å². The van der Waals surface area contributed by atoms with E-state index in [-0.39, 0.29) is 133 Å². The number of hydrogen-bond acceptors (Lipinski definition) is 23. The molecule has 5 aromatic carbocycles. The highest BCUT2D eigenvalue weighted by molar-refractivity contribution is 6.01. The van der Waals surface area contributed by atoms with E-state index >= 15 is 33.6 Å². The van der Waals surface area contributed by atoms with Crippen molar-refractivity contribution in [3.05, 3.63) is 202 Å². The Morgan fingerprint density at radius 3 is 0.946 bits per heavy atom. The van der Waals surface area contributed by atoms with Gasteiger partial charge < -0.3 is 107 Å². The summed E-state index contributed by atoms with van der Waals surface area (Å²) in [7, 11) is 0. The molecule has 0 aliphatic heterocycles. The van der Waals surface area contributed by atoms with Crippen molar-refractivity contribution in [1.82, 2.24) is 105 Å². The van der Waals surface area contributed by atoms with Gasteiger partial charge in [0.25, 0.3) is 0 Å². The quantitative estimate of drug-likeness (QED) is 0.0111. The summed E-state index contributed by atoms with van der Waals surface area (Å²) in [5, 5.41) is 60.4. The Morgan fingerprint density at radius 1 is 0.338 bits per heavy atom. The first-order chi connectivity index (χ1) is 71.0. The fourth-order valence-corrected chi connectivity index (χ4v) is 16.3. The maximum absolute atomic E-state index is 15.6. The van der Waals surface area contributed by atoms with Gasteiger partial charge in [-0.25, -0.2) is 4.68 Å². The zero-order chi connectivity index (χ0) is 108. The molecule has 6 rings (SSSR count). The number of nitrogens with zero attached hydrogens (tertiary/aromatic N) is 6. The Kier molecular flexibility index (Phi) is 57.8. The number of nitrogens with one attached hydrogen (secondary N) is 17. The number of azide groups is 1. The first-order valence-electron chi connectivity index (χ1n) is 52.0. The van der Waals surface area contributed by atoms with Crippen LogP contribution in [0.5, 0.6) is 0 Å². The predicted molar refractivity (Wildman–Crippen MR) is 565 cm³/mol. The Morgan fingerprint density at radius 2 is 0.635 bits per heavy atom. The van der Waals surface area contributed by atoms with Gasteiger partial charge in [0.05, 0.1) is 38.3 Å². The van der Waals surface area contributed by atoms with Crippen molar-refractivity contribution >= 4 is 88.6 Å². The molecular formula is C107H161N25O16. The van der Waals surface area contributed by atoms with Crippen molar-refractivity contribution in [2.24, 2.45) is 46.2 Å². The van der Waals surface area contributed by atoms with Crippen molar-refractivity contribution in [2.45, 2.75) is 277 Å². The number of rotatable bonds is 73. The maximum atomic E-state index is 15.6. The van der Waals surface area contributed by atoms with Crippen LogP contribution in [0.15, 0.2) is 163 Å². The van der Waals surface area contributed by atoms with E-state index < -0.39 is 174 Å². The molecule has 0 unspecified atom stereocenters. The molecule has 0 spiro atoms. The summed E-state index contributed by atoms with van der Waals surface area (Å²) >= 11 is 0. The molecular weight excluding hydrogens is 1890 g/mol. The summed E-state index contributed by atoms with van der Waals surface area (Å²) in [5.41, 5.74) is 23.6. The van der Waals surface area contributed by atoms with E-state index in [1.165, 1.54) is 0 Å². The summed E-state index contributed by atoms with van der Waals surface area (Å²) in [6.07, 6.45) is 4.20. The van der Waals surface area contributed by atoms with E-state index in [0.717, 1.165) is 19.3 Å². The number of benzene rings is 5. The molecule has 1 aromatic heterocycles. The molecule has 1 heterocycles. The molecule has 0 aliphatic carbocycles. The van der Waals surface area contributed by atoms with Gasteiger partial charge in [0.1, 0.15) is 72.5 Å². The smallest absolute Gasteiger partial charge is 0.243 e. The third-order valence-electron chi connectivity index (χ3n) is 23.8. The SMILES string of the molecule is CCCCCCNC(=O)[C@H](CC(=O)NCCNCCN)NC(=O)[C@@H](CC(=O)NCCNCCN)NC(=O)[C@@H](CC(C)C)NC(=O)[C@@H](CC(C)C)NC(=O)[C@@H](CC(C)C)NC(=O)[C@@H](CC(C)C)NC(=O)[C@H](CC(C)C)NC(=O)[C@H](Cc1ccccc1)NC(=O)[C@H](Cc1ccccc1)NC(=O)[C@H](Cc1ccccc1)NC(=O)[C@H](Cc1ccccc1)NC(=O)[C@@H](Cc1ccccc1)NC(=O)CCCc1cn(CCOCCN=[N+]=[N-])nn1. The zero-order valence-corrected chi connectivity index (χ0v) is 87.8. The van der Waals surface area contributed by atoms with Crippen molar-refractivity contribution in [1.29, 1.82) is 0 Å². The topological polar surface area (TPSA) is 601 Å². The maximum Gasteiger partial charge on any atom is 0.243 e. The van der Waals surface area contributed by atoms with E-state index in [1.54, 1.807) is 158 Å². The Bertz CT molecular complexity index is 5100. The van der Waals surface area contributed by atoms with Crippen molar-refractivity contribution < 1.29 is 76.7 Å². The number of amides is 15. The Labute approximate surface area is 870 Å². The highest BCUT2D eigenvalue weighted by Gasteiger charge is 2.40. The zero-order valence-electron chi connectivity index (χ0n) is 87.8. The van der Waals surface area contributed by atoms with E-state index in [0.29, 0.717) is 105 Å². The second-order valence-corrected chi connectivity index (χ2v) is 39.3. The van der Waals surface area contributed by atoms with Crippen molar-refractivity contribution in [3.63, 3.8) is 0 Å². The van der Waals surface area contributed by atoms with Crippen LogP contribution >= 0.6 is 0 Å². The number of carbonyl (C=O) groups is 15. The minimum Gasteiger partial charge on any atom is -0.379 e. The number of aryl methyl sites for hydroxylation is 1. The number of hydrogen-bond donors (Lipinski definition) is 19. The third kappa shape index (κ3) is 49.7. The highest BCUT2D eigenvalue weighted by atomic mass is 16.5. The summed E-state index contributed by atoms with van der Waals surface area (Å²) in [5.74, 6) is -12.7. The van der Waals surface area contributed by atoms with Gasteiger partial charge >= 0.3 is 0 Å². The van der Waals surface area contributed by atoms with Crippen LogP contribution in [0.2, 0.25) is 0 Å². The van der Waals surface area contributed by atoms with Crippen LogP contribution in [-0.2, 0) is 122 Å². The first kappa shape index (κ1) is 123. The number of aromatic nitrogens is 3. The lowest BCUT2D eigenvalue weighted by atomic mass is 9.97. The molecule has 0 saturated heterocycles. The third-order valence-corrected chi connectivity index (χ3v) is 23.8. The molecule has 12 atom stereocenters. The number of unbranched alkanes of at least 4 members (excludes halogenated alkanes) is 3. The summed E-state index contributed by atoms with van der Waals surface area (Å²) in [4.78, 5) is 225. The molecule has 810 valence electrons. The lowest BCUT2D eigenvalue weighted by Crippen LogP contribution is -2.61. The second-order valence-electron chi connectivity index (χ2n) is 39.3. The van der Waals surface area contributed by atoms with Crippen molar-refractivity contribution in [2.75, 3.05) is 78.7 Å². The molecule has 6 aromatic rings. The minimum atomic E-state index is -1.67. The largest absolute Gasteiger partial charge is 0.379 e. The molecule has 41 nitrogen and oxygen atoms in total. The van der Waals surface area contributed by atoms with Crippen molar-refractivity contribution in [3.8, 4) is 0 Å². The van der Waals surface area contributed by atoms with E-state index in [2.05, 4.69) is 111 Å². The van der Waals surface area contributed by atoms with Gasteiger partial charge in [-0.1, -0.05) is 257 Å². The molecule has 41 heteroatoms. The van der Waals surface area contributed by atoms with E-state index in [4.69, 9.17) is 21.7 Å². The number of carbonyl (C=O) groups excluding carboxylic acids is 15. The molecule has 15 amide bonds. The normalized spacial score (nSPS) is 13.7. The van der Waals surface area contributed by atoms with Crippen LogP contribution in [-0.4, -0.2) is 255 Å². The van der Waals surface area contributed by atoms with Gasteiger partial charge in [0.2, 0.25) is 88.6 Å². The molecule has 21 N–H and O–H groups in total. The predicted octanol–water partition coefficient (Wildman–Crippen LogP) is 3.99. The first-order valence-corrected chi connectivity index (χ1v) is 52.0. The molecule has 148 heavy (non-hydrogen) atoms. The fraction of sp³-hybridized carbons (Fsp3) is 0.561. The summed E-state index contributed by atoms with van der Waals surface area (Å²) in [6, 6.07) is 27.4. The average molecular weight is 2050 g/mol. The summed E-state index contributed by atoms with van der Waals surface area (Å²) < 4.78 is 7.10. The molecule has 0 bridgehead atoms. The van der Waals surface area contributed by atoms with Crippen LogP contribution in [0.25, 0.3) is 10.4 Å². The monoisotopic (exact) mass is 2050 g/mol. The molecule has 0 radical (unpaired) electrons. The van der Waals surface area contributed by atoms with Gasteiger partial charge in [0.15, 0.2) is 0 Å². The van der Waals surface area contributed by atoms with Crippen LogP contribution in [0, 0.1) is 29.6 Å².